The molecule has 0 aromatic carbocycles. The van der Waals surface area contributed by atoms with Gasteiger partial charge < -0.3 is 4.52 Å². The highest BCUT2D eigenvalue weighted by atomic mass is 32.1. The predicted molar refractivity (Wildman–Crippen MR) is 81.1 cm³/mol. The summed E-state index contributed by atoms with van der Waals surface area (Å²) in [6.45, 7) is 1.88. The Balaban J connectivity index is 1.71. The number of aromatic nitrogens is 1. The molecule has 0 amide bonds. The van der Waals surface area contributed by atoms with Crippen molar-refractivity contribution in [3.63, 3.8) is 0 Å². The van der Waals surface area contributed by atoms with Gasteiger partial charge in [0.2, 0.25) is 0 Å². The summed E-state index contributed by atoms with van der Waals surface area (Å²) in [5.41, 5.74) is 1.46. The summed E-state index contributed by atoms with van der Waals surface area (Å²) in [4.78, 5) is 5.42. The molecule has 0 bridgehead atoms. The molecule has 0 radical (unpaired) electrons. The standard InChI is InChI=1S/C15H14N2OS2/c1-2-14(19-8-1)15-12-5-9-20-13(12)4-7-17(15)10-11-3-6-16-18-11/h1-3,5-6,8-9,15H,4,7,10H2/t15-/m1/s1. The third kappa shape index (κ3) is 2.12. The first-order valence-electron chi connectivity index (χ1n) is 6.65. The Morgan fingerprint density at radius 1 is 1.25 bits per heavy atom. The summed E-state index contributed by atoms with van der Waals surface area (Å²) < 4.78 is 5.29. The van der Waals surface area contributed by atoms with Crippen LogP contribution in [0.5, 0.6) is 0 Å². The van der Waals surface area contributed by atoms with E-state index in [-0.39, 0.29) is 0 Å². The van der Waals surface area contributed by atoms with Crippen molar-refractivity contribution in [3.05, 3.63) is 62.3 Å². The first kappa shape index (κ1) is 12.3. The van der Waals surface area contributed by atoms with Crippen molar-refractivity contribution in [2.24, 2.45) is 0 Å². The molecular weight excluding hydrogens is 288 g/mol. The number of hydrogen-bond acceptors (Lipinski definition) is 5. The van der Waals surface area contributed by atoms with Gasteiger partial charge >= 0.3 is 0 Å². The van der Waals surface area contributed by atoms with Crippen LogP contribution in [0.2, 0.25) is 0 Å². The van der Waals surface area contributed by atoms with E-state index in [4.69, 9.17) is 4.52 Å². The van der Waals surface area contributed by atoms with Gasteiger partial charge in [-0.25, -0.2) is 0 Å². The van der Waals surface area contributed by atoms with Crippen LogP contribution in [-0.2, 0) is 13.0 Å². The molecule has 4 rings (SSSR count). The van der Waals surface area contributed by atoms with Crippen molar-refractivity contribution in [2.75, 3.05) is 6.54 Å². The Kier molecular flexibility index (Phi) is 3.18. The van der Waals surface area contributed by atoms with Crippen LogP contribution in [0.4, 0.5) is 0 Å². The lowest BCUT2D eigenvalue weighted by Crippen LogP contribution is -2.34. The monoisotopic (exact) mass is 302 g/mol. The van der Waals surface area contributed by atoms with Gasteiger partial charge in [-0.3, -0.25) is 4.90 Å². The Labute approximate surface area is 125 Å². The van der Waals surface area contributed by atoms with E-state index in [0.717, 1.165) is 25.3 Å². The highest BCUT2D eigenvalue weighted by Crippen LogP contribution is 2.39. The van der Waals surface area contributed by atoms with Crippen molar-refractivity contribution >= 4 is 22.7 Å². The van der Waals surface area contributed by atoms with Gasteiger partial charge in [-0.2, -0.15) is 0 Å². The number of fused-ring (bicyclic) bond motifs is 1. The maximum atomic E-state index is 5.29. The molecule has 0 aliphatic carbocycles. The largest absolute Gasteiger partial charge is 0.360 e. The predicted octanol–water partition coefficient (Wildman–Crippen LogP) is 3.95. The molecule has 3 nitrogen and oxygen atoms in total. The summed E-state index contributed by atoms with van der Waals surface area (Å²) in [7, 11) is 0. The van der Waals surface area contributed by atoms with Crippen LogP contribution in [0.1, 0.15) is 27.1 Å². The van der Waals surface area contributed by atoms with Crippen molar-refractivity contribution in [1.29, 1.82) is 0 Å². The lowest BCUT2D eigenvalue weighted by molar-refractivity contribution is 0.185. The smallest absolute Gasteiger partial charge is 0.150 e. The fourth-order valence-electron chi connectivity index (χ4n) is 2.84. The average Bonchev–Trinajstić information content (AvgIpc) is 3.21. The van der Waals surface area contributed by atoms with Gasteiger partial charge in [0.1, 0.15) is 0 Å². The minimum Gasteiger partial charge on any atom is -0.360 e. The quantitative estimate of drug-likeness (QED) is 0.734. The summed E-state index contributed by atoms with van der Waals surface area (Å²) in [5, 5.41) is 8.18. The van der Waals surface area contributed by atoms with Crippen LogP contribution in [0, 0.1) is 0 Å². The second-order valence-corrected chi connectivity index (χ2v) is 6.90. The second kappa shape index (κ2) is 5.16. The van der Waals surface area contributed by atoms with Crippen LogP contribution in [-0.4, -0.2) is 16.6 Å². The van der Waals surface area contributed by atoms with Gasteiger partial charge in [0, 0.05) is 22.4 Å². The molecule has 20 heavy (non-hydrogen) atoms. The van der Waals surface area contributed by atoms with Gasteiger partial charge in [0.15, 0.2) is 5.76 Å². The molecule has 1 aliphatic rings. The van der Waals surface area contributed by atoms with Crippen molar-refractivity contribution in [3.8, 4) is 0 Å². The van der Waals surface area contributed by atoms with Gasteiger partial charge in [-0.05, 0) is 34.9 Å². The van der Waals surface area contributed by atoms with Crippen molar-refractivity contribution in [1.82, 2.24) is 10.1 Å². The summed E-state index contributed by atoms with van der Waals surface area (Å²) in [6, 6.07) is 8.95. The molecule has 1 atom stereocenters. The van der Waals surface area contributed by atoms with Crippen LogP contribution in [0.15, 0.2) is 45.7 Å². The third-order valence-corrected chi connectivity index (χ3v) is 5.65. The average molecular weight is 302 g/mol. The maximum Gasteiger partial charge on any atom is 0.150 e. The molecule has 102 valence electrons. The number of hydrogen-bond donors (Lipinski definition) is 0. The highest BCUT2D eigenvalue weighted by molar-refractivity contribution is 7.10. The fourth-order valence-corrected chi connectivity index (χ4v) is 4.62. The van der Waals surface area contributed by atoms with Crippen molar-refractivity contribution < 1.29 is 4.52 Å². The van der Waals surface area contributed by atoms with E-state index in [2.05, 4.69) is 39.0 Å². The zero-order valence-corrected chi connectivity index (χ0v) is 12.5. The zero-order chi connectivity index (χ0) is 13.4. The number of nitrogens with zero attached hydrogens (tertiary/aromatic N) is 2. The first-order chi connectivity index (χ1) is 9.92. The lowest BCUT2D eigenvalue weighted by Gasteiger charge is -2.34. The van der Waals surface area contributed by atoms with E-state index in [1.807, 2.05) is 28.7 Å². The highest BCUT2D eigenvalue weighted by Gasteiger charge is 2.30. The van der Waals surface area contributed by atoms with E-state index >= 15 is 0 Å². The molecule has 0 saturated heterocycles. The van der Waals surface area contributed by atoms with Gasteiger partial charge in [-0.1, -0.05) is 11.2 Å². The Morgan fingerprint density at radius 2 is 2.25 bits per heavy atom. The SMILES string of the molecule is c1csc([C@H]2c3ccsc3CCN2Cc2ccno2)c1. The summed E-state index contributed by atoms with van der Waals surface area (Å²) in [5.74, 6) is 0.935. The normalized spacial score (nSPS) is 19.1. The van der Waals surface area contributed by atoms with Crippen LogP contribution < -0.4 is 0 Å². The zero-order valence-electron chi connectivity index (χ0n) is 10.9. The van der Waals surface area contributed by atoms with Crippen LogP contribution in [0.3, 0.4) is 0 Å². The molecule has 1 aliphatic heterocycles. The lowest BCUT2D eigenvalue weighted by atomic mass is 9.98. The van der Waals surface area contributed by atoms with E-state index in [0.29, 0.717) is 6.04 Å². The molecular formula is C15H14N2OS2. The van der Waals surface area contributed by atoms with Crippen LogP contribution >= 0.6 is 22.7 Å². The topological polar surface area (TPSA) is 29.3 Å². The van der Waals surface area contributed by atoms with E-state index in [1.165, 1.54) is 15.3 Å². The van der Waals surface area contributed by atoms with Crippen LogP contribution in [0.25, 0.3) is 0 Å². The van der Waals surface area contributed by atoms with Gasteiger partial charge in [-0.15, -0.1) is 22.7 Å². The minimum absolute atomic E-state index is 0.357. The summed E-state index contributed by atoms with van der Waals surface area (Å²) in [6.07, 6.45) is 2.85. The molecule has 3 aromatic rings. The molecule has 5 heteroatoms. The second-order valence-electron chi connectivity index (χ2n) is 4.92. The van der Waals surface area contributed by atoms with Gasteiger partial charge in [0.05, 0.1) is 18.8 Å². The summed E-state index contributed by atoms with van der Waals surface area (Å²) >= 11 is 3.71. The Hall–Kier alpha value is -1.43. The molecule has 0 N–H and O–H groups in total. The van der Waals surface area contributed by atoms with Crippen molar-refractivity contribution in [2.45, 2.75) is 19.0 Å². The fraction of sp³-hybridized carbons (Fsp3) is 0.267. The molecule has 0 unspecified atom stereocenters. The molecule has 0 fully saturated rings. The Bertz CT molecular complexity index is 673. The maximum absolute atomic E-state index is 5.29. The van der Waals surface area contributed by atoms with Gasteiger partial charge in [0.25, 0.3) is 0 Å². The van der Waals surface area contributed by atoms with E-state index in [9.17, 15) is 0 Å². The van der Waals surface area contributed by atoms with E-state index in [1.54, 1.807) is 6.20 Å². The first-order valence-corrected chi connectivity index (χ1v) is 8.41. The molecule has 3 aromatic heterocycles. The third-order valence-electron chi connectivity index (χ3n) is 3.73. The number of rotatable bonds is 3. The molecule has 0 saturated carbocycles. The molecule has 4 heterocycles. The minimum atomic E-state index is 0.357. The number of thiophene rings is 2. The van der Waals surface area contributed by atoms with E-state index < -0.39 is 0 Å². The Morgan fingerprint density at radius 3 is 3.05 bits per heavy atom. The molecule has 0 spiro atoms.